The maximum atomic E-state index is 12.3. The zero-order chi connectivity index (χ0) is 20.2. The SMILES string of the molecule is Cc1cncc(Oc2ccc(NC(=O)CSC3=Nc4cc(Cl)ccc4C3)cc2)c1. The van der Waals surface area contributed by atoms with E-state index in [1.54, 1.807) is 12.4 Å². The Morgan fingerprint density at radius 1 is 1.14 bits per heavy atom. The molecule has 0 bridgehead atoms. The molecule has 1 aliphatic heterocycles. The molecule has 0 unspecified atom stereocenters. The van der Waals surface area contributed by atoms with Gasteiger partial charge in [0.2, 0.25) is 5.91 Å². The Labute approximate surface area is 178 Å². The van der Waals surface area contributed by atoms with Gasteiger partial charge in [-0.2, -0.15) is 0 Å². The van der Waals surface area contributed by atoms with Crippen LogP contribution in [0.4, 0.5) is 11.4 Å². The van der Waals surface area contributed by atoms with Crippen LogP contribution in [0, 0.1) is 6.92 Å². The second-order valence-electron chi connectivity index (χ2n) is 6.62. The van der Waals surface area contributed by atoms with Crippen molar-refractivity contribution in [1.29, 1.82) is 0 Å². The lowest BCUT2D eigenvalue weighted by atomic mass is 10.2. The van der Waals surface area contributed by atoms with Crippen LogP contribution in [0.25, 0.3) is 0 Å². The molecule has 0 spiro atoms. The number of thioether (sulfide) groups is 1. The Balaban J connectivity index is 1.28. The zero-order valence-corrected chi connectivity index (χ0v) is 17.3. The summed E-state index contributed by atoms with van der Waals surface area (Å²) in [6.45, 7) is 1.96. The molecule has 146 valence electrons. The van der Waals surface area contributed by atoms with Gasteiger partial charge in [0.1, 0.15) is 11.5 Å². The van der Waals surface area contributed by atoms with Crippen LogP contribution in [0.3, 0.4) is 0 Å². The predicted octanol–water partition coefficient (Wildman–Crippen LogP) is 5.79. The van der Waals surface area contributed by atoms with Crippen molar-refractivity contribution in [2.24, 2.45) is 4.99 Å². The van der Waals surface area contributed by atoms with Gasteiger partial charge in [-0.3, -0.25) is 9.78 Å². The molecule has 1 aromatic heterocycles. The van der Waals surface area contributed by atoms with Gasteiger partial charge in [-0.1, -0.05) is 17.7 Å². The van der Waals surface area contributed by atoms with E-state index in [4.69, 9.17) is 16.3 Å². The lowest BCUT2D eigenvalue weighted by Gasteiger charge is -2.08. The summed E-state index contributed by atoms with van der Waals surface area (Å²) in [6, 6.07) is 14.8. The van der Waals surface area contributed by atoms with E-state index in [1.165, 1.54) is 11.8 Å². The standard InChI is InChI=1S/C22H18ClN3O2S/c1-14-8-19(12-24-11-14)28-18-6-4-17(5-7-18)25-21(27)13-29-22-9-15-2-3-16(23)10-20(15)26-22/h2-8,10-12H,9,13H2,1H3,(H,25,27). The van der Waals surface area contributed by atoms with Gasteiger partial charge >= 0.3 is 0 Å². The number of nitrogens with zero attached hydrogens (tertiary/aromatic N) is 2. The van der Waals surface area contributed by atoms with Crippen LogP contribution in [-0.2, 0) is 11.2 Å². The molecule has 0 radical (unpaired) electrons. The molecule has 0 aliphatic carbocycles. The summed E-state index contributed by atoms with van der Waals surface area (Å²) in [5, 5.41) is 4.49. The number of aromatic nitrogens is 1. The highest BCUT2D eigenvalue weighted by Crippen LogP contribution is 2.32. The number of carbonyl (C=O) groups excluding carboxylic acids is 1. The predicted molar refractivity (Wildman–Crippen MR) is 119 cm³/mol. The van der Waals surface area contributed by atoms with Crippen LogP contribution in [-0.4, -0.2) is 21.7 Å². The third kappa shape index (κ3) is 5.16. The fourth-order valence-electron chi connectivity index (χ4n) is 2.88. The first-order chi connectivity index (χ1) is 14.0. The Kier molecular flexibility index (Phi) is 5.83. The first kappa shape index (κ1) is 19.5. The van der Waals surface area contributed by atoms with Gasteiger partial charge in [-0.15, -0.1) is 11.8 Å². The van der Waals surface area contributed by atoms with E-state index in [0.717, 1.165) is 28.3 Å². The molecule has 0 fully saturated rings. The molecule has 0 atom stereocenters. The van der Waals surface area contributed by atoms with Gasteiger partial charge in [0.25, 0.3) is 0 Å². The topological polar surface area (TPSA) is 63.6 Å². The van der Waals surface area contributed by atoms with Gasteiger partial charge in [0.05, 0.1) is 22.7 Å². The molecule has 3 aromatic rings. The summed E-state index contributed by atoms with van der Waals surface area (Å²) in [6.07, 6.45) is 4.18. The first-order valence-electron chi connectivity index (χ1n) is 9.03. The number of aliphatic imine (C=N–C) groups is 1. The number of aryl methyl sites for hydroxylation is 1. The van der Waals surface area contributed by atoms with Gasteiger partial charge < -0.3 is 10.1 Å². The van der Waals surface area contributed by atoms with Gasteiger partial charge in [0, 0.05) is 23.3 Å². The van der Waals surface area contributed by atoms with Crippen molar-refractivity contribution in [2.45, 2.75) is 13.3 Å². The van der Waals surface area contributed by atoms with E-state index in [2.05, 4.69) is 15.3 Å². The number of anilines is 1. The maximum absolute atomic E-state index is 12.3. The first-order valence-corrected chi connectivity index (χ1v) is 10.4. The summed E-state index contributed by atoms with van der Waals surface area (Å²) < 4.78 is 5.77. The Morgan fingerprint density at radius 2 is 1.97 bits per heavy atom. The second-order valence-corrected chi connectivity index (χ2v) is 8.10. The lowest BCUT2D eigenvalue weighted by Crippen LogP contribution is -2.15. The average molecular weight is 424 g/mol. The van der Waals surface area contributed by atoms with Crippen LogP contribution in [0.2, 0.25) is 5.02 Å². The van der Waals surface area contributed by atoms with E-state index >= 15 is 0 Å². The van der Waals surface area contributed by atoms with E-state index in [-0.39, 0.29) is 5.91 Å². The second kappa shape index (κ2) is 8.68. The molecule has 29 heavy (non-hydrogen) atoms. The number of hydrogen-bond acceptors (Lipinski definition) is 5. The van der Waals surface area contributed by atoms with Crippen LogP contribution in [0.15, 0.2) is 65.9 Å². The number of nitrogens with one attached hydrogen (secondary N) is 1. The van der Waals surface area contributed by atoms with E-state index in [9.17, 15) is 4.79 Å². The third-order valence-electron chi connectivity index (χ3n) is 4.23. The number of hydrogen-bond donors (Lipinski definition) is 1. The summed E-state index contributed by atoms with van der Waals surface area (Å²) in [5.41, 5.74) is 3.77. The van der Waals surface area contributed by atoms with Gasteiger partial charge in [-0.25, -0.2) is 4.99 Å². The van der Waals surface area contributed by atoms with Crippen molar-refractivity contribution in [2.75, 3.05) is 11.1 Å². The highest BCUT2D eigenvalue weighted by molar-refractivity contribution is 8.14. The molecule has 1 N–H and O–H groups in total. The molecule has 4 rings (SSSR count). The zero-order valence-electron chi connectivity index (χ0n) is 15.7. The van der Waals surface area contributed by atoms with E-state index in [0.29, 0.717) is 28.0 Å². The number of amides is 1. The highest BCUT2D eigenvalue weighted by atomic mass is 35.5. The number of rotatable bonds is 5. The molecule has 1 aliphatic rings. The smallest absolute Gasteiger partial charge is 0.234 e. The van der Waals surface area contributed by atoms with Crippen LogP contribution in [0.5, 0.6) is 11.5 Å². The van der Waals surface area contributed by atoms with Crippen molar-refractivity contribution < 1.29 is 9.53 Å². The molecule has 0 saturated carbocycles. The molecule has 7 heteroatoms. The lowest BCUT2D eigenvalue weighted by molar-refractivity contribution is -0.113. The molecular weight excluding hydrogens is 406 g/mol. The monoisotopic (exact) mass is 423 g/mol. The summed E-state index contributed by atoms with van der Waals surface area (Å²) in [7, 11) is 0. The quantitative estimate of drug-likeness (QED) is 0.563. The minimum absolute atomic E-state index is 0.0803. The van der Waals surface area contributed by atoms with Crippen molar-refractivity contribution in [1.82, 2.24) is 4.98 Å². The largest absolute Gasteiger partial charge is 0.456 e. The minimum Gasteiger partial charge on any atom is -0.456 e. The molecule has 5 nitrogen and oxygen atoms in total. The molecule has 2 aromatic carbocycles. The fourth-order valence-corrected chi connectivity index (χ4v) is 3.84. The van der Waals surface area contributed by atoms with E-state index < -0.39 is 0 Å². The summed E-state index contributed by atoms with van der Waals surface area (Å²) in [5.74, 6) is 1.58. The summed E-state index contributed by atoms with van der Waals surface area (Å²) in [4.78, 5) is 20.9. The maximum Gasteiger partial charge on any atom is 0.234 e. The molecule has 1 amide bonds. The number of pyridine rings is 1. The average Bonchev–Trinajstić information content (AvgIpc) is 3.10. The van der Waals surface area contributed by atoms with Crippen molar-refractivity contribution in [3.63, 3.8) is 0 Å². The molecule has 0 saturated heterocycles. The van der Waals surface area contributed by atoms with Gasteiger partial charge in [0.15, 0.2) is 0 Å². The Hall–Kier alpha value is -2.83. The van der Waals surface area contributed by atoms with E-state index in [1.807, 2.05) is 55.5 Å². The van der Waals surface area contributed by atoms with Crippen molar-refractivity contribution >= 4 is 45.7 Å². The highest BCUT2D eigenvalue weighted by Gasteiger charge is 2.16. The minimum atomic E-state index is -0.0803. The van der Waals surface area contributed by atoms with Crippen LogP contribution in [0.1, 0.15) is 11.1 Å². The number of carbonyl (C=O) groups is 1. The van der Waals surface area contributed by atoms with Crippen LogP contribution < -0.4 is 10.1 Å². The normalized spacial score (nSPS) is 12.3. The van der Waals surface area contributed by atoms with Crippen molar-refractivity contribution in [3.8, 4) is 11.5 Å². The number of benzene rings is 2. The number of ether oxygens (including phenoxy) is 1. The van der Waals surface area contributed by atoms with Crippen LogP contribution >= 0.6 is 23.4 Å². The van der Waals surface area contributed by atoms with Gasteiger partial charge in [-0.05, 0) is 60.5 Å². The Bertz CT molecular complexity index is 1080. The van der Waals surface area contributed by atoms with Crippen molar-refractivity contribution in [3.05, 3.63) is 77.1 Å². The number of fused-ring (bicyclic) bond motifs is 1. The third-order valence-corrected chi connectivity index (χ3v) is 5.44. The molecule has 2 heterocycles. The number of halogens is 1. The Morgan fingerprint density at radius 3 is 2.76 bits per heavy atom. The molecular formula is C22H18ClN3O2S. The summed E-state index contributed by atoms with van der Waals surface area (Å²) >= 11 is 7.44. The fraction of sp³-hybridized carbons (Fsp3) is 0.136.